The maximum atomic E-state index is 12.9. The van der Waals surface area contributed by atoms with Gasteiger partial charge in [0.1, 0.15) is 33.4 Å². The molecular weight excluding hydrogens is 723 g/mol. The molecule has 19 heteroatoms. The first-order valence-corrected chi connectivity index (χ1v) is 17.3. The van der Waals surface area contributed by atoms with Crippen LogP contribution in [0, 0.1) is 10.1 Å². The summed E-state index contributed by atoms with van der Waals surface area (Å²) in [7, 11) is 3.38. The normalized spacial score (nSPS) is 13.2. The minimum atomic E-state index is -0.546. The summed E-state index contributed by atoms with van der Waals surface area (Å²) >= 11 is 8.38. The Morgan fingerprint density at radius 3 is 2.77 bits per heavy atom. The summed E-state index contributed by atoms with van der Waals surface area (Å²) in [5.41, 5.74) is 3.96. The molecule has 16 nitrogen and oxygen atoms in total. The van der Waals surface area contributed by atoms with Crippen molar-refractivity contribution in [2.24, 2.45) is 12.0 Å². The molecule has 0 saturated heterocycles. The summed E-state index contributed by atoms with van der Waals surface area (Å²) in [6, 6.07) is 15.1. The summed E-state index contributed by atoms with van der Waals surface area (Å²) in [5, 5.41) is 16.3. The molecule has 2 aromatic carbocycles. The largest absolute Gasteiger partial charge is 0.396 e. The van der Waals surface area contributed by atoms with Crippen molar-refractivity contribution in [3.8, 4) is 11.4 Å². The van der Waals surface area contributed by atoms with Crippen LogP contribution < -0.4 is 10.2 Å². The number of thioether (sulfide) groups is 1. The number of carbonyl (C=O) groups is 1. The van der Waals surface area contributed by atoms with Crippen LogP contribution in [-0.4, -0.2) is 73.9 Å². The molecule has 0 saturated carbocycles. The van der Waals surface area contributed by atoms with Gasteiger partial charge in [-0.15, -0.1) is 0 Å². The van der Waals surface area contributed by atoms with Crippen LogP contribution in [-0.2, 0) is 7.05 Å². The van der Waals surface area contributed by atoms with Crippen molar-refractivity contribution in [1.82, 2.24) is 44.4 Å². The highest BCUT2D eigenvalue weighted by Gasteiger charge is 2.27. The average molecular weight is 746 g/mol. The van der Waals surface area contributed by atoms with E-state index in [4.69, 9.17) is 17.2 Å². The Kier molecular flexibility index (Phi) is 8.28. The van der Waals surface area contributed by atoms with Crippen molar-refractivity contribution in [3.63, 3.8) is 0 Å². The molecule has 0 bridgehead atoms. The van der Waals surface area contributed by atoms with Gasteiger partial charge >= 0.3 is 5.82 Å². The zero-order chi connectivity index (χ0) is 36.1. The van der Waals surface area contributed by atoms with Gasteiger partial charge in [-0.05, 0) is 58.7 Å². The van der Waals surface area contributed by atoms with Gasteiger partial charge in [-0.2, -0.15) is 4.98 Å². The summed E-state index contributed by atoms with van der Waals surface area (Å²) in [6.07, 6.45) is 6.11. The Hall–Kier alpha value is -6.31. The fourth-order valence-corrected chi connectivity index (χ4v) is 7.70. The first-order valence-electron chi connectivity index (χ1n) is 15.3. The number of imidazole rings is 3. The monoisotopic (exact) mass is 745 g/mol. The van der Waals surface area contributed by atoms with Crippen molar-refractivity contribution in [2.45, 2.75) is 14.9 Å². The number of ketones is 1. The lowest BCUT2D eigenvalue weighted by molar-refractivity contribution is -0.392. The fraction of sp³-hybridized carbons (Fsp3) is 0.0606. The summed E-state index contributed by atoms with van der Waals surface area (Å²) in [4.78, 5) is 64.5. The Bertz CT molecular complexity index is 2660. The van der Waals surface area contributed by atoms with E-state index in [-0.39, 0.29) is 16.6 Å². The molecule has 0 fully saturated rings. The Morgan fingerprint density at radius 2 is 1.96 bits per heavy atom. The number of rotatable bonds is 9. The van der Waals surface area contributed by atoms with E-state index < -0.39 is 4.92 Å². The SMILES string of the molecule is C=Nc1[nH]c(-c2ccc(N/C=C3/Sc4ccccc4C3=O)c3ncccc23)nc1C(=S)N(C)c1nc2ncnc(Sc3c([N+](=O)[O-])ncn3C)c2[nH]1. The van der Waals surface area contributed by atoms with Gasteiger partial charge in [-0.1, -0.05) is 42.2 Å². The summed E-state index contributed by atoms with van der Waals surface area (Å²) < 4.78 is 1.55. The van der Waals surface area contributed by atoms with E-state index in [1.165, 1.54) is 24.4 Å². The van der Waals surface area contributed by atoms with Crippen LogP contribution >= 0.6 is 35.7 Å². The molecule has 7 aromatic rings. The van der Waals surface area contributed by atoms with Gasteiger partial charge in [-0.3, -0.25) is 9.78 Å². The van der Waals surface area contributed by atoms with Crippen LogP contribution in [0.25, 0.3) is 33.5 Å². The molecule has 6 heterocycles. The zero-order valence-electron chi connectivity index (χ0n) is 27.1. The van der Waals surface area contributed by atoms with Crippen LogP contribution in [0.3, 0.4) is 0 Å². The molecule has 5 aromatic heterocycles. The van der Waals surface area contributed by atoms with Gasteiger partial charge in [0.15, 0.2) is 16.5 Å². The third-order valence-corrected chi connectivity index (χ3v) is 10.8. The molecule has 0 unspecified atom stereocenters. The number of carbonyl (C=O) groups excluding carboxylic acids is 1. The number of aromatic amines is 2. The molecular formula is C33H23N13O3S3. The van der Waals surface area contributed by atoms with Crippen LogP contribution in [0.15, 0.2) is 98.4 Å². The molecule has 256 valence electrons. The van der Waals surface area contributed by atoms with Gasteiger partial charge in [0, 0.05) is 47.9 Å². The van der Waals surface area contributed by atoms with Crippen molar-refractivity contribution >= 4 is 98.6 Å². The van der Waals surface area contributed by atoms with Gasteiger partial charge in [-0.25, -0.2) is 19.9 Å². The molecule has 8 rings (SSSR count). The van der Waals surface area contributed by atoms with Crippen molar-refractivity contribution < 1.29 is 9.72 Å². The minimum Gasteiger partial charge on any atom is -0.359 e. The van der Waals surface area contributed by atoms with E-state index in [9.17, 15) is 14.9 Å². The number of nitrogens with one attached hydrogen (secondary N) is 3. The number of hydrogen-bond donors (Lipinski definition) is 3. The number of H-pyrrole nitrogens is 2. The van der Waals surface area contributed by atoms with Gasteiger partial charge in [0.05, 0.1) is 16.1 Å². The number of aliphatic imine (C=N–C) groups is 1. The number of anilines is 2. The van der Waals surface area contributed by atoms with Crippen LogP contribution in [0.2, 0.25) is 0 Å². The number of nitro groups is 1. The van der Waals surface area contributed by atoms with Crippen LogP contribution in [0.4, 0.5) is 23.3 Å². The number of aromatic nitrogens is 9. The molecule has 0 spiro atoms. The molecule has 52 heavy (non-hydrogen) atoms. The third-order valence-electron chi connectivity index (χ3n) is 8.10. The maximum Gasteiger partial charge on any atom is 0.396 e. The second kappa shape index (κ2) is 13.1. The number of nitrogens with zero attached hydrogens (tertiary/aromatic N) is 10. The lowest BCUT2D eigenvalue weighted by Crippen LogP contribution is -2.26. The predicted molar refractivity (Wildman–Crippen MR) is 203 cm³/mol. The Balaban J connectivity index is 1.08. The molecule has 0 radical (unpaired) electrons. The van der Waals surface area contributed by atoms with Crippen molar-refractivity contribution in [3.05, 3.63) is 99.9 Å². The number of thiocarbonyl (C=S) groups is 1. The van der Waals surface area contributed by atoms with E-state index in [1.54, 1.807) is 36.0 Å². The molecule has 1 aliphatic heterocycles. The van der Waals surface area contributed by atoms with Crippen molar-refractivity contribution in [1.29, 1.82) is 0 Å². The fourth-order valence-electron chi connectivity index (χ4n) is 5.56. The molecule has 0 aliphatic carbocycles. The van der Waals surface area contributed by atoms with E-state index in [0.29, 0.717) is 66.2 Å². The Morgan fingerprint density at radius 1 is 1.12 bits per heavy atom. The van der Waals surface area contributed by atoms with Crippen LogP contribution in [0.5, 0.6) is 0 Å². The first-order chi connectivity index (χ1) is 25.2. The molecule has 0 amide bonds. The molecule has 3 N–H and O–H groups in total. The number of pyridine rings is 1. The van der Waals surface area contributed by atoms with E-state index in [0.717, 1.165) is 27.6 Å². The van der Waals surface area contributed by atoms with Crippen LogP contribution in [0.1, 0.15) is 16.1 Å². The number of fused-ring (bicyclic) bond motifs is 3. The number of hydrogen-bond acceptors (Lipinski definition) is 14. The van der Waals surface area contributed by atoms with E-state index in [2.05, 4.69) is 51.9 Å². The Labute approximate surface area is 307 Å². The topological polar surface area (TPSA) is 202 Å². The smallest absolute Gasteiger partial charge is 0.359 e. The number of aryl methyl sites for hydroxylation is 1. The highest BCUT2D eigenvalue weighted by Crippen LogP contribution is 2.40. The summed E-state index contributed by atoms with van der Waals surface area (Å²) in [6.45, 7) is 3.72. The molecule has 1 aliphatic rings. The predicted octanol–water partition coefficient (Wildman–Crippen LogP) is 6.47. The first kappa shape index (κ1) is 32.9. The standard InChI is InChI=1S/C33H23N13O3S3/c1-34-27-24(31(50)45(3)33-41-23-28(43-33)37-14-38-30(23)52-32-29(46(48)49)39-15-44(32)2)40-26(42-27)17-10-11-19(22-16(17)8-6-12-35-22)36-13-21-25(47)18-7-4-5-9-20(18)51-21/h4-15,36H,1H2,2-3H3,(H,40,42)(H,37,38,41,43)/b21-13+. The highest BCUT2D eigenvalue weighted by atomic mass is 32.2. The number of benzene rings is 2. The van der Waals surface area contributed by atoms with Gasteiger partial charge in [0.25, 0.3) is 0 Å². The van der Waals surface area contributed by atoms with Crippen molar-refractivity contribution in [2.75, 3.05) is 17.3 Å². The second-order valence-corrected chi connectivity index (χ2v) is 13.7. The van der Waals surface area contributed by atoms with E-state index >= 15 is 0 Å². The van der Waals surface area contributed by atoms with E-state index in [1.807, 2.05) is 48.5 Å². The van der Waals surface area contributed by atoms with Gasteiger partial charge < -0.3 is 34.9 Å². The zero-order valence-corrected chi connectivity index (χ0v) is 29.5. The second-order valence-electron chi connectivity index (χ2n) is 11.2. The number of allylic oxidation sites excluding steroid dienone is 1. The third kappa shape index (κ3) is 5.65. The lowest BCUT2D eigenvalue weighted by Gasteiger charge is -2.15. The highest BCUT2D eigenvalue weighted by molar-refractivity contribution is 8.04. The lowest BCUT2D eigenvalue weighted by atomic mass is 10.1. The van der Waals surface area contributed by atoms with Gasteiger partial charge in [0.2, 0.25) is 18.1 Å². The number of Topliss-reactive ketones (excluding diaryl/α,β-unsaturated/α-hetero) is 1. The minimum absolute atomic E-state index is 0.0265. The quantitative estimate of drug-likeness (QED) is 0.0362. The summed E-state index contributed by atoms with van der Waals surface area (Å²) in [5.74, 6) is 0.862. The average Bonchev–Trinajstić information content (AvgIpc) is 3.95. The molecule has 0 atom stereocenters. The maximum absolute atomic E-state index is 12.9.